The number of aryl methyl sites for hydroxylation is 1. The number of aromatic nitrogens is 1. The number of hydrogen-bond acceptors (Lipinski definition) is 8. The van der Waals surface area contributed by atoms with Crippen LogP contribution in [0, 0.1) is 0 Å². The van der Waals surface area contributed by atoms with Crippen molar-refractivity contribution in [3.05, 3.63) is 65.7 Å². The van der Waals surface area contributed by atoms with E-state index in [4.69, 9.17) is 9.56 Å². The molecule has 0 bridgehead atoms. The zero-order chi connectivity index (χ0) is 25.7. The lowest BCUT2D eigenvalue weighted by atomic mass is 10.00. The first-order chi connectivity index (χ1) is 17.7. The fourth-order valence-electron chi connectivity index (χ4n) is 5.04. The number of primary sulfonamides is 1. The molecule has 1 aliphatic heterocycles. The second kappa shape index (κ2) is 8.98. The van der Waals surface area contributed by atoms with E-state index in [0.717, 1.165) is 60.5 Å². The van der Waals surface area contributed by atoms with Gasteiger partial charge in [-0.05, 0) is 48.9 Å². The standard InChI is InChI=1S/C27H27N5O4S/c1-31-9-11-32(12-10-31)20-14-19(15-21(16-20)37(28,34)35)29-27-30-24-4-2-3-23(26(24)36-27)18-5-7-22-17(13-18)6-8-25(22)33/h2-5,7,13-16H,6,8-12H2,1H3,(H,29,30)(H2,28,34,35). The van der Waals surface area contributed by atoms with Crippen LogP contribution in [0.5, 0.6) is 0 Å². The second-order valence-corrected chi connectivity index (χ2v) is 11.2. The molecule has 0 amide bonds. The Balaban J connectivity index is 1.35. The number of likely N-dealkylation sites (N-methyl/N-ethyl adjacent to an activating group) is 1. The minimum Gasteiger partial charge on any atom is -0.423 e. The van der Waals surface area contributed by atoms with Crippen molar-refractivity contribution in [2.75, 3.05) is 43.4 Å². The van der Waals surface area contributed by atoms with Gasteiger partial charge in [0.15, 0.2) is 11.4 Å². The van der Waals surface area contributed by atoms with E-state index in [2.05, 4.69) is 27.1 Å². The van der Waals surface area contributed by atoms with Crippen molar-refractivity contribution in [1.82, 2.24) is 9.88 Å². The van der Waals surface area contributed by atoms with Gasteiger partial charge in [0, 0.05) is 55.1 Å². The Hall–Kier alpha value is -3.73. The van der Waals surface area contributed by atoms with Crippen LogP contribution in [0.1, 0.15) is 22.3 Å². The summed E-state index contributed by atoms with van der Waals surface area (Å²) < 4.78 is 30.6. The highest BCUT2D eigenvalue weighted by atomic mass is 32.2. The summed E-state index contributed by atoms with van der Waals surface area (Å²) in [7, 11) is -1.85. The predicted octanol–water partition coefficient (Wildman–Crippen LogP) is 3.77. The van der Waals surface area contributed by atoms with E-state index in [1.165, 1.54) is 6.07 Å². The van der Waals surface area contributed by atoms with Crippen LogP contribution in [0.2, 0.25) is 0 Å². The van der Waals surface area contributed by atoms with Crippen LogP contribution in [0.4, 0.5) is 17.4 Å². The molecule has 2 heterocycles. The number of Topliss-reactive ketones (excluding diaryl/α,β-unsaturated/α-hetero) is 1. The van der Waals surface area contributed by atoms with Gasteiger partial charge in [-0.25, -0.2) is 13.6 Å². The van der Waals surface area contributed by atoms with Crippen LogP contribution >= 0.6 is 0 Å². The van der Waals surface area contributed by atoms with E-state index in [-0.39, 0.29) is 16.7 Å². The topological polar surface area (TPSA) is 122 Å². The lowest BCUT2D eigenvalue weighted by Gasteiger charge is -2.34. The van der Waals surface area contributed by atoms with Gasteiger partial charge in [0.2, 0.25) is 10.0 Å². The Labute approximate surface area is 214 Å². The predicted molar refractivity (Wildman–Crippen MR) is 143 cm³/mol. The van der Waals surface area contributed by atoms with Crippen LogP contribution < -0.4 is 15.4 Å². The van der Waals surface area contributed by atoms with Gasteiger partial charge < -0.3 is 19.5 Å². The summed E-state index contributed by atoms with van der Waals surface area (Å²) in [6.07, 6.45) is 1.30. The molecule has 37 heavy (non-hydrogen) atoms. The summed E-state index contributed by atoms with van der Waals surface area (Å²) in [6, 6.07) is 16.8. The van der Waals surface area contributed by atoms with Crippen molar-refractivity contribution in [2.24, 2.45) is 5.14 Å². The smallest absolute Gasteiger partial charge is 0.300 e. The molecule has 6 rings (SSSR count). The summed E-state index contributed by atoms with van der Waals surface area (Å²) in [5.41, 5.74) is 6.23. The van der Waals surface area contributed by atoms with E-state index in [0.29, 0.717) is 23.2 Å². The number of anilines is 3. The molecule has 3 aromatic carbocycles. The number of oxazole rings is 1. The fourth-order valence-corrected chi connectivity index (χ4v) is 5.62. The van der Waals surface area contributed by atoms with E-state index >= 15 is 0 Å². The quantitative estimate of drug-likeness (QED) is 0.410. The Kier molecular flexibility index (Phi) is 5.74. The molecule has 0 radical (unpaired) electrons. The zero-order valence-corrected chi connectivity index (χ0v) is 21.2. The fraction of sp³-hybridized carbons (Fsp3) is 0.259. The number of nitrogens with zero attached hydrogens (tertiary/aromatic N) is 3. The molecule has 0 spiro atoms. The van der Waals surface area contributed by atoms with Gasteiger partial charge in [-0.1, -0.05) is 30.3 Å². The maximum absolute atomic E-state index is 12.2. The maximum Gasteiger partial charge on any atom is 0.300 e. The van der Waals surface area contributed by atoms with Crippen molar-refractivity contribution in [1.29, 1.82) is 0 Å². The second-order valence-electron chi connectivity index (χ2n) is 9.64. The highest BCUT2D eigenvalue weighted by molar-refractivity contribution is 7.89. The highest BCUT2D eigenvalue weighted by Gasteiger charge is 2.22. The van der Waals surface area contributed by atoms with E-state index in [9.17, 15) is 13.2 Å². The summed E-state index contributed by atoms with van der Waals surface area (Å²) in [5.74, 6) is 0.184. The molecule has 9 nitrogen and oxygen atoms in total. The highest BCUT2D eigenvalue weighted by Crippen LogP contribution is 2.35. The summed E-state index contributed by atoms with van der Waals surface area (Å²) >= 11 is 0. The molecule has 1 aromatic heterocycles. The van der Waals surface area contributed by atoms with E-state index < -0.39 is 10.0 Å². The number of hydrogen-bond donors (Lipinski definition) is 2. The Morgan fingerprint density at radius 2 is 1.78 bits per heavy atom. The first-order valence-electron chi connectivity index (χ1n) is 12.2. The van der Waals surface area contributed by atoms with Gasteiger partial charge in [-0.2, -0.15) is 4.98 Å². The Morgan fingerprint density at radius 3 is 2.57 bits per heavy atom. The lowest BCUT2D eigenvalue weighted by Crippen LogP contribution is -2.44. The molecule has 3 N–H and O–H groups in total. The summed E-state index contributed by atoms with van der Waals surface area (Å²) in [5, 5.41) is 8.63. The molecule has 0 unspecified atom stereocenters. The van der Waals surface area contributed by atoms with Crippen molar-refractivity contribution in [2.45, 2.75) is 17.7 Å². The number of piperazine rings is 1. The normalized spacial score (nSPS) is 16.4. The van der Waals surface area contributed by atoms with Gasteiger partial charge >= 0.3 is 0 Å². The SMILES string of the molecule is CN1CCN(c2cc(Nc3nc4cccc(-c5ccc6c(c5)CCC6=O)c4o3)cc(S(N)(=O)=O)c2)CC1. The lowest BCUT2D eigenvalue weighted by molar-refractivity contribution is 0.0994. The van der Waals surface area contributed by atoms with Gasteiger partial charge in [-0.3, -0.25) is 4.79 Å². The molecule has 0 saturated carbocycles. The van der Waals surface area contributed by atoms with Crippen molar-refractivity contribution >= 4 is 44.3 Å². The van der Waals surface area contributed by atoms with Crippen LogP contribution in [0.15, 0.2) is 63.9 Å². The average molecular weight is 518 g/mol. The number of rotatable bonds is 5. The van der Waals surface area contributed by atoms with Crippen LogP contribution in [0.25, 0.3) is 22.2 Å². The molecule has 1 fully saturated rings. The van der Waals surface area contributed by atoms with E-state index in [1.807, 2.05) is 42.5 Å². The monoisotopic (exact) mass is 517 g/mol. The maximum atomic E-state index is 12.2. The minimum atomic E-state index is -3.92. The number of ketones is 1. The molecule has 2 aliphatic rings. The molecule has 10 heteroatoms. The number of nitrogens with two attached hydrogens (primary N) is 1. The van der Waals surface area contributed by atoms with Crippen LogP contribution in [0.3, 0.4) is 0 Å². The van der Waals surface area contributed by atoms with Gasteiger partial charge in [-0.15, -0.1) is 0 Å². The average Bonchev–Trinajstić information content (AvgIpc) is 3.46. The van der Waals surface area contributed by atoms with Crippen LogP contribution in [-0.4, -0.2) is 57.3 Å². The van der Waals surface area contributed by atoms with Gasteiger partial charge in [0.05, 0.1) is 4.90 Å². The number of nitrogens with one attached hydrogen (secondary N) is 1. The third-order valence-electron chi connectivity index (χ3n) is 7.09. The molecule has 1 saturated heterocycles. The van der Waals surface area contributed by atoms with Crippen molar-refractivity contribution < 1.29 is 17.6 Å². The molecule has 4 aromatic rings. The number of sulfonamides is 1. The molecular weight excluding hydrogens is 490 g/mol. The van der Waals surface area contributed by atoms with E-state index in [1.54, 1.807) is 6.07 Å². The number of carbonyl (C=O) groups is 1. The summed E-state index contributed by atoms with van der Waals surface area (Å²) in [4.78, 5) is 21.0. The van der Waals surface area contributed by atoms with Crippen molar-refractivity contribution in [3.8, 4) is 11.1 Å². The number of fused-ring (bicyclic) bond motifs is 2. The number of para-hydroxylation sites is 1. The van der Waals surface area contributed by atoms with Crippen molar-refractivity contribution in [3.63, 3.8) is 0 Å². The first kappa shape index (κ1) is 23.7. The van der Waals surface area contributed by atoms with Gasteiger partial charge in [0.1, 0.15) is 5.52 Å². The van der Waals surface area contributed by atoms with Crippen LogP contribution in [-0.2, 0) is 16.4 Å². The molecule has 0 atom stereocenters. The Morgan fingerprint density at radius 1 is 0.973 bits per heavy atom. The largest absolute Gasteiger partial charge is 0.423 e. The summed E-state index contributed by atoms with van der Waals surface area (Å²) in [6.45, 7) is 3.32. The van der Waals surface area contributed by atoms with Gasteiger partial charge in [0.25, 0.3) is 6.01 Å². The third kappa shape index (κ3) is 4.59. The number of benzene rings is 3. The minimum absolute atomic E-state index is 0.0240. The molecule has 1 aliphatic carbocycles. The Bertz CT molecular complexity index is 1640. The first-order valence-corrected chi connectivity index (χ1v) is 13.7. The zero-order valence-electron chi connectivity index (χ0n) is 20.4. The molecular formula is C27H27N5O4S. The number of carbonyl (C=O) groups excluding carboxylic acids is 1. The molecule has 190 valence electrons. The third-order valence-corrected chi connectivity index (χ3v) is 7.99.